The van der Waals surface area contributed by atoms with Gasteiger partial charge in [0.1, 0.15) is 18.3 Å². The molecule has 2 aliphatic rings. The largest absolute Gasteiger partial charge is 0.469 e. The number of aromatic amines is 1. The minimum absolute atomic E-state index is 0.142. The molecule has 2 heterocycles. The molecule has 0 fully saturated rings. The van der Waals surface area contributed by atoms with Gasteiger partial charge >= 0.3 is 13.5 Å². The number of rotatable bonds is 7. The van der Waals surface area contributed by atoms with Crippen LogP contribution >= 0.6 is 7.82 Å². The number of hydrogen-bond acceptors (Lipinski definition) is 9. The Hall–Kier alpha value is -2.51. The molecule has 0 amide bonds. The lowest BCUT2D eigenvalue weighted by Crippen LogP contribution is -2.42. The van der Waals surface area contributed by atoms with Crippen LogP contribution < -0.4 is 11.2 Å². The van der Waals surface area contributed by atoms with Crippen LogP contribution in [0, 0.1) is 13.8 Å². The Balaban J connectivity index is 2.06. The van der Waals surface area contributed by atoms with E-state index in [1.165, 1.54) is 4.57 Å². The number of aliphatic hydroxyl groups excluding tert-OH is 3. The predicted molar refractivity (Wildman–Crippen MR) is 107 cm³/mol. The summed E-state index contributed by atoms with van der Waals surface area (Å²) in [6.07, 6.45) is -5.40. The SMILES string of the molecule is Cc1cc2nc3c(=O)[nH]c(=O)nc-3n(C[C@H](O)C(O)[C@@H](O)COP(=O)(O)O)c2cc1C. The molecule has 0 saturated heterocycles. The van der Waals surface area contributed by atoms with E-state index in [0.29, 0.717) is 11.0 Å². The summed E-state index contributed by atoms with van der Waals surface area (Å²) in [4.78, 5) is 51.5. The van der Waals surface area contributed by atoms with Crippen molar-refractivity contribution in [3.63, 3.8) is 0 Å². The smallest absolute Gasteiger partial charge is 0.388 e. The van der Waals surface area contributed by atoms with Gasteiger partial charge < -0.3 is 29.7 Å². The molecule has 31 heavy (non-hydrogen) atoms. The summed E-state index contributed by atoms with van der Waals surface area (Å²) in [6, 6.07) is 3.41. The third-order valence-corrected chi connectivity index (χ3v) is 5.28. The molecule has 14 heteroatoms. The second kappa shape index (κ2) is 8.55. The van der Waals surface area contributed by atoms with Gasteiger partial charge in [0.05, 0.1) is 24.2 Å². The summed E-state index contributed by atoms with van der Waals surface area (Å²) in [6.45, 7) is 2.29. The van der Waals surface area contributed by atoms with Gasteiger partial charge in [0, 0.05) is 0 Å². The molecule has 2 aliphatic heterocycles. The van der Waals surface area contributed by atoms with Crippen molar-refractivity contribution in [2.24, 2.45) is 0 Å². The van der Waals surface area contributed by atoms with Crippen LogP contribution in [0.2, 0.25) is 0 Å². The molecule has 0 saturated carbocycles. The molecule has 1 unspecified atom stereocenters. The number of aliphatic hydroxyl groups is 3. The van der Waals surface area contributed by atoms with Crippen LogP contribution in [-0.2, 0) is 15.6 Å². The average Bonchev–Trinajstić information content (AvgIpc) is 2.67. The lowest BCUT2D eigenvalue weighted by molar-refractivity contribution is -0.0793. The third-order valence-electron chi connectivity index (χ3n) is 4.80. The first-order valence-corrected chi connectivity index (χ1v) is 10.6. The van der Waals surface area contributed by atoms with E-state index in [1.807, 2.05) is 18.8 Å². The monoisotopic (exact) mass is 456 g/mol. The van der Waals surface area contributed by atoms with Crippen molar-refractivity contribution < 1.29 is 34.2 Å². The van der Waals surface area contributed by atoms with Crippen LogP contribution in [0.5, 0.6) is 0 Å². The maximum atomic E-state index is 12.2. The van der Waals surface area contributed by atoms with Crippen molar-refractivity contribution in [3.8, 4) is 11.5 Å². The molecule has 1 aromatic carbocycles. The van der Waals surface area contributed by atoms with Crippen molar-refractivity contribution in [1.82, 2.24) is 19.5 Å². The molecule has 1 aromatic rings. The molecular weight excluding hydrogens is 435 g/mol. The van der Waals surface area contributed by atoms with Gasteiger partial charge in [-0.1, -0.05) is 0 Å². The third kappa shape index (κ3) is 5.05. The molecule has 168 valence electrons. The van der Waals surface area contributed by atoms with Gasteiger partial charge in [-0.3, -0.25) is 14.3 Å². The predicted octanol–water partition coefficient (Wildman–Crippen LogP) is -1.61. The number of H-pyrrole nitrogens is 1. The minimum Gasteiger partial charge on any atom is -0.388 e. The van der Waals surface area contributed by atoms with Gasteiger partial charge in [-0.25, -0.2) is 14.3 Å². The minimum atomic E-state index is -4.89. The Kier molecular flexibility index (Phi) is 6.39. The zero-order valence-corrected chi connectivity index (χ0v) is 17.4. The van der Waals surface area contributed by atoms with E-state index in [1.54, 1.807) is 12.1 Å². The van der Waals surface area contributed by atoms with Crippen LogP contribution in [0.15, 0.2) is 21.7 Å². The molecule has 3 atom stereocenters. The van der Waals surface area contributed by atoms with Crippen molar-refractivity contribution in [2.75, 3.05) is 6.61 Å². The second-order valence-electron chi connectivity index (χ2n) is 7.10. The van der Waals surface area contributed by atoms with E-state index in [4.69, 9.17) is 9.79 Å². The maximum Gasteiger partial charge on any atom is 0.469 e. The topological polar surface area (TPSA) is 208 Å². The van der Waals surface area contributed by atoms with E-state index in [9.17, 15) is 29.5 Å². The number of phosphoric ester groups is 1. The van der Waals surface area contributed by atoms with E-state index in [0.717, 1.165) is 11.1 Å². The lowest BCUT2D eigenvalue weighted by atomic mass is 10.1. The molecule has 3 rings (SSSR count). The lowest BCUT2D eigenvalue weighted by Gasteiger charge is -2.25. The highest BCUT2D eigenvalue weighted by atomic mass is 31.2. The molecular formula is C17H21N4O9P. The normalized spacial score (nSPS) is 15.3. The molecule has 0 aromatic heterocycles. The molecule has 6 N–H and O–H groups in total. The zero-order chi connectivity index (χ0) is 23.1. The van der Waals surface area contributed by atoms with Crippen LogP contribution in [0.3, 0.4) is 0 Å². The number of aryl methyl sites for hydroxylation is 2. The van der Waals surface area contributed by atoms with E-state index in [-0.39, 0.29) is 11.5 Å². The van der Waals surface area contributed by atoms with E-state index in [2.05, 4.69) is 14.5 Å². The molecule has 13 nitrogen and oxygen atoms in total. The Morgan fingerprint density at radius 1 is 1.10 bits per heavy atom. The number of nitrogens with one attached hydrogen (secondary N) is 1. The van der Waals surface area contributed by atoms with Gasteiger partial charge in [-0.05, 0) is 37.1 Å². The van der Waals surface area contributed by atoms with Gasteiger partial charge in [0.15, 0.2) is 11.5 Å². The number of nitrogens with zero attached hydrogens (tertiary/aromatic N) is 3. The number of phosphoric acid groups is 1. The zero-order valence-electron chi connectivity index (χ0n) is 16.5. The Labute approximate surface area is 174 Å². The maximum absolute atomic E-state index is 12.2. The molecule has 0 radical (unpaired) electrons. The summed E-state index contributed by atoms with van der Waals surface area (Å²) in [5.41, 5.74) is 0.618. The summed E-state index contributed by atoms with van der Waals surface area (Å²) >= 11 is 0. The van der Waals surface area contributed by atoms with Gasteiger partial charge in [0.25, 0.3) is 5.56 Å². The molecule has 0 bridgehead atoms. The van der Waals surface area contributed by atoms with Gasteiger partial charge in [-0.15, -0.1) is 0 Å². The average molecular weight is 456 g/mol. The fraction of sp³-hybridized carbons (Fsp3) is 0.412. The van der Waals surface area contributed by atoms with Gasteiger partial charge in [-0.2, -0.15) is 4.98 Å². The fourth-order valence-corrected chi connectivity index (χ4v) is 3.41. The van der Waals surface area contributed by atoms with E-state index < -0.39 is 50.5 Å². The van der Waals surface area contributed by atoms with Crippen LogP contribution in [0.4, 0.5) is 0 Å². The standard InChI is InChI=1S/C17H21N4O9P/c1-7-3-9-10(4-8(7)2)21(15-13(18-9)16(25)20-17(26)19-15)5-11(22)14(24)12(23)6-30-31(27,28)29/h3-4,11-12,14,22-24H,5-6H2,1-2H3,(H,20,25,26)(H2,27,28,29)/t11-,12-,14?/m0/s1. The highest BCUT2D eigenvalue weighted by Gasteiger charge is 2.29. The summed E-state index contributed by atoms with van der Waals surface area (Å²) in [5, 5.41) is 30.5. The van der Waals surface area contributed by atoms with Crippen LogP contribution in [0.1, 0.15) is 11.1 Å². The molecule has 0 spiro atoms. The first-order chi connectivity index (χ1) is 14.4. The van der Waals surface area contributed by atoms with Crippen molar-refractivity contribution in [1.29, 1.82) is 0 Å². The second-order valence-corrected chi connectivity index (χ2v) is 8.34. The van der Waals surface area contributed by atoms with Crippen LogP contribution in [0.25, 0.3) is 22.6 Å². The number of hydrogen-bond donors (Lipinski definition) is 6. The first kappa shape index (κ1) is 23.2. The van der Waals surface area contributed by atoms with Gasteiger partial charge in [0.2, 0.25) is 0 Å². The Bertz CT molecular complexity index is 1250. The Morgan fingerprint density at radius 2 is 1.74 bits per heavy atom. The number of aromatic nitrogens is 4. The van der Waals surface area contributed by atoms with Crippen molar-refractivity contribution in [3.05, 3.63) is 44.1 Å². The van der Waals surface area contributed by atoms with Crippen LogP contribution in [-0.4, -0.2) is 69.5 Å². The summed E-state index contributed by atoms with van der Waals surface area (Å²) < 4.78 is 16.2. The number of benzene rings is 1. The van der Waals surface area contributed by atoms with Crippen molar-refractivity contribution >= 4 is 18.9 Å². The fourth-order valence-electron chi connectivity index (χ4n) is 3.06. The van der Waals surface area contributed by atoms with E-state index >= 15 is 0 Å². The molecule has 0 aliphatic carbocycles. The summed E-state index contributed by atoms with van der Waals surface area (Å²) in [7, 11) is -4.89. The first-order valence-electron chi connectivity index (χ1n) is 9.03. The Morgan fingerprint density at radius 3 is 2.39 bits per heavy atom. The highest BCUT2D eigenvalue weighted by Crippen LogP contribution is 2.36. The highest BCUT2D eigenvalue weighted by molar-refractivity contribution is 7.46. The number of fused-ring (bicyclic) bond motifs is 2. The summed E-state index contributed by atoms with van der Waals surface area (Å²) in [5.74, 6) is -0.142. The van der Waals surface area contributed by atoms with Crippen molar-refractivity contribution in [2.45, 2.75) is 38.7 Å². The quantitative estimate of drug-likeness (QED) is 0.176.